The van der Waals surface area contributed by atoms with Crippen molar-refractivity contribution in [3.8, 4) is 11.8 Å². The number of amides is 1. The highest BCUT2D eigenvalue weighted by Crippen LogP contribution is 2.31. The third-order valence-corrected chi connectivity index (χ3v) is 5.82. The summed E-state index contributed by atoms with van der Waals surface area (Å²) >= 11 is 5.94. The van der Waals surface area contributed by atoms with Crippen LogP contribution in [0.3, 0.4) is 0 Å². The highest BCUT2D eigenvalue weighted by molar-refractivity contribution is 6.30. The van der Waals surface area contributed by atoms with Crippen LogP contribution in [0.2, 0.25) is 5.02 Å². The molecule has 0 aliphatic heterocycles. The summed E-state index contributed by atoms with van der Waals surface area (Å²) in [6.45, 7) is 0. The molecule has 1 saturated carbocycles. The summed E-state index contributed by atoms with van der Waals surface area (Å²) in [7, 11) is 0. The van der Waals surface area contributed by atoms with Gasteiger partial charge in [-0.15, -0.1) is 0 Å². The standard InChI is InChI=1S/C25H20ClNO3/c26-19-11-7-17(8-12-19)9-13-21-20-6-2-1-5-18(20)10-14-22(21)23(28)27-25(24(29)30)15-3-4-16-25/h1-2,5-8,10-12,14H,3-4,15-16H2,(H,27,28)(H,29,30). The Kier molecular flexibility index (Phi) is 5.48. The predicted molar refractivity (Wildman–Crippen MR) is 118 cm³/mol. The predicted octanol–water partition coefficient (Wildman–Crippen LogP) is 5.02. The summed E-state index contributed by atoms with van der Waals surface area (Å²) < 4.78 is 0. The van der Waals surface area contributed by atoms with E-state index in [1.807, 2.05) is 42.5 Å². The number of carboxylic acid groups (broad SMARTS) is 1. The van der Waals surface area contributed by atoms with Gasteiger partial charge in [0.1, 0.15) is 5.54 Å². The second-order valence-corrected chi connectivity index (χ2v) is 7.95. The smallest absolute Gasteiger partial charge is 0.329 e. The first-order chi connectivity index (χ1) is 14.5. The molecule has 0 bridgehead atoms. The molecule has 0 atom stereocenters. The molecule has 30 heavy (non-hydrogen) atoms. The zero-order chi connectivity index (χ0) is 21.1. The number of aliphatic carboxylic acids is 1. The lowest BCUT2D eigenvalue weighted by Gasteiger charge is -2.25. The van der Waals surface area contributed by atoms with Crippen molar-refractivity contribution < 1.29 is 14.7 Å². The Hall–Kier alpha value is -3.29. The number of carboxylic acids is 1. The summed E-state index contributed by atoms with van der Waals surface area (Å²) in [5.74, 6) is 4.84. The normalized spacial score (nSPS) is 14.7. The molecule has 0 unspecified atom stereocenters. The molecule has 5 heteroatoms. The maximum absolute atomic E-state index is 13.2. The van der Waals surface area contributed by atoms with Gasteiger partial charge in [0, 0.05) is 16.1 Å². The molecule has 1 fully saturated rings. The van der Waals surface area contributed by atoms with Crippen LogP contribution in [0, 0.1) is 11.8 Å². The van der Waals surface area contributed by atoms with E-state index < -0.39 is 17.4 Å². The van der Waals surface area contributed by atoms with Crippen LogP contribution in [0.4, 0.5) is 0 Å². The van der Waals surface area contributed by atoms with E-state index in [0.717, 1.165) is 29.2 Å². The number of carbonyl (C=O) groups is 2. The van der Waals surface area contributed by atoms with Crippen LogP contribution in [0.25, 0.3) is 10.8 Å². The molecule has 3 aromatic rings. The Balaban J connectivity index is 1.78. The van der Waals surface area contributed by atoms with E-state index in [0.29, 0.717) is 29.0 Å². The topological polar surface area (TPSA) is 66.4 Å². The van der Waals surface area contributed by atoms with Gasteiger partial charge >= 0.3 is 5.97 Å². The highest BCUT2D eigenvalue weighted by atomic mass is 35.5. The molecular formula is C25H20ClNO3. The van der Waals surface area contributed by atoms with Gasteiger partial charge in [-0.25, -0.2) is 4.79 Å². The minimum atomic E-state index is -1.20. The van der Waals surface area contributed by atoms with Gasteiger partial charge in [-0.1, -0.05) is 66.6 Å². The molecule has 0 spiro atoms. The average molecular weight is 418 g/mol. The van der Waals surface area contributed by atoms with Crippen molar-refractivity contribution in [1.82, 2.24) is 5.32 Å². The fourth-order valence-corrected chi connectivity index (χ4v) is 4.04. The average Bonchev–Trinajstić information content (AvgIpc) is 3.23. The highest BCUT2D eigenvalue weighted by Gasteiger charge is 2.43. The van der Waals surface area contributed by atoms with Crippen molar-refractivity contribution >= 4 is 34.2 Å². The fourth-order valence-electron chi connectivity index (χ4n) is 3.92. The van der Waals surface area contributed by atoms with Crippen LogP contribution in [0.15, 0.2) is 60.7 Å². The lowest BCUT2D eigenvalue weighted by atomic mass is 9.94. The summed E-state index contributed by atoms with van der Waals surface area (Å²) in [6.07, 6.45) is 2.45. The second kappa shape index (κ2) is 8.22. The molecule has 1 aliphatic carbocycles. The third kappa shape index (κ3) is 3.90. The largest absolute Gasteiger partial charge is 0.480 e. The van der Waals surface area contributed by atoms with Crippen molar-refractivity contribution in [2.24, 2.45) is 0 Å². The number of halogens is 1. The van der Waals surface area contributed by atoms with Crippen LogP contribution in [0.1, 0.15) is 47.2 Å². The van der Waals surface area contributed by atoms with Gasteiger partial charge in [0.15, 0.2) is 0 Å². The molecule has 4 nitrogen and oxygen atoms in total. The van der Waals surface area contributed by atoms with Crippen LogP contribution in [0.5, 0.6) is 0 Å². The first kappa shape index (κ1) is 20.0. The lowest BCUT2D eigenvalue weighted by molar-refractivity contribution is -0.144. The van der Waals surface area contributed by atoms with E-state index in [1.54, 1.807) is 18.2 Å². The van der Waals surface area contributed by atoms with Crippen molar-refractivity contribution in [2.45, 2.75) is 31.2 Å². The maximum Gasteiger partial charge on any atom is 0.329 e. The quantitative estimate of drug-likeness (QED) is 0.588. The van der Waals surface area contributed by atoms with Gasteiger partial charge in [0.2, 0.25) is 0 Å². The van der Waals surface area contributed by atoms with Crippen LogP contribution in [-0.2, 0) is 4.79 Å². The molecule has 2 N–H and O–H groups in total. The molecule has 0 saturated heterocycles. The third-order valence-electron chi connectivity index (χ3n) is 5.57. The number of benzene rings is 3. The minimum absolute atomic E-state index is 0.377. The summed E-state index contributed by atoms with van der Waals surface area (Å²) in [6, 6.07) is 18.4. The first-order valence-corrected chi connectivity index (χ1v) is 10.2. The van der Waals surface area contributed by atoms with Crippen molar-refractivity contribution in [3.05, 3.63) is 82.4 Å². The second-order valence-electron chi connectivity index (χ2n) is 7.51. The van der Waals surface area contributed by atoms with Crippen molar-refractivity contribution in [1.29, 1.82) is 0 Å². The Bertz CT molecular complexity index is 1180. The molecule has 4 rings (SSSR count). The Labute approximate surface area is 179 Å². The Morgan fingerprint density at radius 3 is 2.33 bits per heavy atom. The van der Waals surface area contributed by atoms with Crippen LogP contribution < -0.4 is 5.32 Å². The van der Waals surface area contributed by atoms with Crippen LogP contribution >= 0.6 is 11.6 Å². The zero-order valence-corrected chi connectivity index (χ0v) is 17.0. The molecule has 1 aliphatic rings. The lowest BCUT2D eigenvalue weighted by Crippen LogP contribution is -2.52. The van der Waals surface area contributed by atoms with Gasteiger partial charge < -0.3 is 10.4 Å². The Morgan fingerprint density at radius 2 is 1.63 bits per heavy atom. The molecule has 3 aromatic carbocycles. The number of rotatable bonds is 3. The van der Waals surface area contributed by atoms with Crippen molar-refractivity contribution in [2.75, 3.05) is 0 Å². The number of hydrogen-bond acceptors (Lipinski definition) is 2. The van der Waals surface area contributed by atoms with E-state index >= 15 is 0 Å². The van der Waals surface area contributed by atoms with Gasteiger partial charge in [0.25, 0.3) is 5.91 Å². The summed E-state index contributed by atoms with van der Waals surface area (Å²) in [4.78, 5) is 25.0. The Morgan fingerprint density at radius 1 is 0.933 bits per heavy atom. The minimum Gasteiger partial charge on any atom is -0.480 e. The van der Waals surface area contributed by atoms with Gasteiger partial charge in [-0.3, -0.25) is 4.79 Å². The van der Waals surface area contributed by atoms with Gasteiger partial charge in [-0.05, 0) is 53.9 Å². The number of carbonyl (C=O) groups excluding carboxylic acids is 1. The van der Waals surface area contributed by atoms with Gasteiger partial charge in [-0.2, -0.15) is 0 Å². The molecule has 150 valence electrons. The van der Waals surface area contributed by atoms with E-state index in [-0.39, 0.29) is 0 Å². The summed E-state index contributed by atoms with van der Waals surface area (Å²) in [5.41, 5.74) is 0.530. The summed E-state index contributed by atoms with van der Waals surface area (Å²) in [5, 5.41) is 15.0. The first-order valence-electron chi connectivity index (χ1n) is 9.84. The van der Waals surface area contributed by atoms with Gasteiger partial charge in [0.05, 0.1) is 5.56 Å². The fraction of sp³-hybridized carbons (Fsp3) is 0.200. The molecule has 0 heterocycles. The number of hydrogen-bond donors (Lipinski definition) is 2. The SMILES string of the molecule is O=C(NC1(C(=O)O)CCCC1)c1ccc2ccccc2c1C#Cc1ccc(Cl)cc1. The molecule has 1 amide bonds. The molecule has 0 aromatic heterocycles. The van der Waals surface area contributed by atoms with E-state index in [9.17, 15) is 14.7 Å². The van der Waals surface area contributed by atoms with Crippen LogP contribution in [-0.4, -0.2) is 22.5 Å². The molecular weight excluding hydrogens is 398 g/mol. The zero-order valence-electron chi connectivity index (χ0n) is 16.2. The van der Waals surface area contributed by atoms with E-state index in [1.165, 1.54) is 0 Å². The maximum atomic E-state index is 13.2. The van der Waals surface area contributed by atoms with E-state index in [2.05, 4.69) is 17.2 Å². The monoisotopic (exact) mass is 417 g/mol. The number of fused-ring (bicyclic) bond motifs is 1. The number of nitrogens with one attached hydrogen (secondary N) is 1. The molecule has 0 radical (unpaired) electrons. The van der Waals surface area contributed by atoms with E-state index in [4.69, 9.17) is 11.6 Å². The van der Waals surface area contributed by atoms with Crippen molar-refractivity contribution in [3.63, 3.8) is 0 Å².